The predicted molar refractivity (Wildman–Crippen MR) is 126 cm³/mol. The van der Waals surface area contributed by atoms with Crippen molar-refractivity contribution in [2.75, 3.05) is 25.4 Å². The normalized spacial score (nSPS) is 19.3. The molecule has 3 nitrogen and oxygen atoms in total. The Morgan fingerprint density at radius 3 is 1.85 bits per heavy atom. The SMILES string of the molecule is CC(=O)c1cccc(Cl)c1.CC1(c2cccc(Cl)c2)CO1.CS(C)(C)(=O)I. The van der Waals surface area contributed by atoms with Gasteiger partial charge in [0, 0.05) is 36.8 Å². The third-order valence-corrected chi connectivity index (χ3v) is 3.71. The first-order valence-corrected chi connectivity index (χ1v) is 14.6. The van der Waals surface area contributed by atoms with Gasteiger partial charge in [0.2, 0.25) is 0 Å². The molecule has 1 atom stereocenters. The van der Waals surface area contributed by atoms with Crippen LogP contribution in [0.15, 0.2) is 48.5 Å². The lowest BCUT2D eigenvalue weighted by molar-refractivity contribution is 0.101. The highest BCUT2D eigenvalue weighted by atomic mass is 127. The zero-order valence-electron chi connectivity index (χ0n) is 16.1. The molecule has 1 unspecified atom stereocenters. The fourth-order valence-corrected chi connectivity index (χ4v) is 2.18. The Balaban J connectivity index is 0.000000213. The lowest BCUT2D eigenvalue weighted by Crippen LogP contribution is -2.15. The van der Waals surface area contributed by atoms with Crippen molar-refractivity contribution >= 4 is 56.4 Å². The molecule has 0 aromatic heterocycles. The van der Waals surface area contributed by atoms with Crippen molar-refractivity contribution in [3.8, 4) is 0 Å². The Kier molecular flexibility index (Phi) is 8.51. The Morgan fingerprint density at radius 2 is 1.52 bits per heavy atom. The zero-order valence-corrected chi connectivity index (χ0v) is 20.6. The van der Waals surface area contributed by atoms with E-state index in [1.54, 1.807) is 43.0 Å². The van der Waals surface area contributed by atoms with E-state index in [-0.39, 0.29) is 11.4 Å². The van der Waals surface area contributed by atoms with Crippen LogP contribution in [0.25, 0.3) is 0 Å². The van der Waals surface area contributed by atoms with E-state index in [9.17, 15) is 9.00 Å². The highest BCUT2D eigenvalue weighted by molar-refractivity contribution is 14.2. The van der Waals surface area contributed by atoms with Crippen LogP contribution in [0.5, 0.6) is 0 Å². The third kappa shape index (κ3) is 11.9. The lowest BCUT2D eigenvalue weighted by atomic mass is 10.0. The molecule has 2 aromatic carbocycles. The van der Waals surface area contributed by atoms with Crippen molar-refractivity contribution in [1.82, 2.24) is 0 Å². The van der Waals surface area contributed by atoms with Crippen molar-refractivity contribution in [2.45, 2.75) is 19.4 Å². The van der Waals surface area contributed by atoms with Crippen molar-refractivity contribution < 1.29 is 13.7 Å². The van der Waals surface area contributed by atoms with Gasteiger partial charge in [0.05, 0.1) is 6.61 Å². The summed E-state index contributed by atoms with van der Waals surface area (Å²) in [6.07, 6.45) is 3.11. The second-order valence-corrected chi connectivity index (χ2v) is 21.7. The Morgan fingerprint density at radius 1 is 1.07 bits per heavy atom. The summed E-state index contributed by atoms with van der Waals surface area (Å²) in [5.41, 5.74) is 1.78. The minimum absolute atomic E-state index is 0.0440. The summed E-state index contributed by atoms with van der Waals surface area (Å²) in [7, 11) is 0. The minimum Gasteiger partial charge on any atom is -0.365 e. The fraction of sp³-hybridized carbons (Fsp3) is 0.350. The molecular formula is C20H25Cl2IO3S. The molecule has 2 aromatic rings. The number of carbonyl (C=O) groups excluding carboxylic acids is 1. The predicted octanol–water partition coefficient (Wildman–Crippen LogP) is 6.17. The topological polar surface area (TPSA) is 46.7 Å². The van der Waals surface area contributed by atoms with Crippen LogP contribution in [0.3, 0.4) is 0 Å². The molecular weight excluding hydrogens is 518 g/mol. The third-order valence-electron chi connectivity index (χ3n) is 3.24. The smallest absolute Gasteiger partial charge is 0.159 e. The highest BCUT2D eigenvalue weighted by Crippen LogP contribution is 2.38. The van der Waals surface area contributed by atoms with Gasteiger partial charge in [-0.1, -0.05) is 53.7 Å². The number of Topliss-reactive ketones (excluding diaryl/α,β-unsaturated/α-hetero) is 1. The summed E-state index contributed by atoms with van der Waals surface area (Å²) in [5, 5.41) is 1.38. The second-order valence-electron chi connectivity index (χ2n) is 7.35. The number of rotatable bonds is 2. The van der Waals surface area contributed by atoms with Gasteiger partial charge in [-0.2, -0.15) is 0 Å². The fourth-order valence-electron chi connectivity index (χ4n) is 1.80. The van der Waals surface area contributed by atoms with Gasteiger partial charge in [-0.25, -0.2) is 0 Å². The quantitative estimate of drug-likeness (QED) is 0.197. The van der Waals surface area contributed by atoms with Crippen LogP contribution in [-0.2, 0) is 16.6 Å². The van der Waals surface area contributed by atoms with Crippen LogP contribution < -0.4 is 0 Å². The first-order chi connectivity index (χ1) is 12.1. The molecule has 1 saturated heterocycles. The number of hydrogen-bond donors (Lipinski definition) is 0. The molecule has 1 heterocycles. The van der Waals surface area contributed by atoms with E-state index in [4.69, 9.17) is 27.9 Å². The molecule has 0 bridgehead atoms. The number of carbonyl (C=O) groups is 1. The summed E-state index contributed by atoms with van der Waals surface area (Å²) in [6.45, 7) is 4.40. The monoisotopic (exact) mass is 542 g/mol. The number of epoxide rings is 1. The van der Waals surface area contributed by atoms with Crippen LogP contribution in [-0.4, -0.2) is 35.4 Å². The number of hydrogen-bond acceptors (Lipinski definition) is 3. The molecule has 27 heavy (non-hydrogen) atoms. The van der Waals surface area contributed by atoms with E-state index in [1.165, 1.54) is 12.5 Å². The van der Waals surface area contributed by atoms with Gasteiger partial charge in [-0.3, -0.25) is 9.00 Å². The zero-order chi connectivity index (χ0) is 20.9. The molecule has 1 fully saturated rings. The summed E-state index contributed by atoms with van der Waals surface area (Å²) >= 11 is 13.4. The van der Waals surface area contributed by atoms with Crippen LogP contribution in [0, 0.1) is 0 Å². The van der Waals surface area contributed by atoms with Crippen molar-refractivity contribution in [3.63, 3.8) is 0 Å². The molecule has 7 heteroatoms. The first kappa shape index (κ1) is 24.6. The van der Waals surface area contributed by atoms with Crippen LogP contribution in [0.4, 0.5) is 0 Å². The Hall–Kier alpha value is -0.470. The van der Waals surface area contributed by atoms with Crippen LogP contribution >= 0.6 is 44.4 Å². The molecule has 1 aliphatic heterocycles. The summed E-state index contributed by atoms with van der Waals surface area (Å²) in [4.78, 5) is 10.7. The first-order valence-electron chi connectivity index (χ1n) is 8.12. The van der Waals surface area contributed by atoms with Crippen LogP contribution in [0.2, 0.25) is 10.0 Å². The van der Waals surface area contributed by atoms with Gasteiger partial charge in [-0.15, -0.1) is 0 Å². The summed E-state index contributed by atoms with van der Waals surface area (Å²) < 4.78 is 16.1. The van der Waals surface area contributed by atoms with Gasteiger partial charge in [0.1, 0.15) is 5.60 Å². The Labute approximate surface area is 183 Å². The molecule has 0 radical (unpaired) electrons. The van der Waals surface area contributed by atoms with E-state index in [2.05, 4.69) is 6.92 Å². The van der Waals surface area contributed by atoms with E-state index in [0.717, 1.165) is 11.6 Å². The van der Waals surface area contributed by atoms with Crippen molar-refractivity contribution in [3.05, 3.63) is 69.7 Å². The number of ether oxygens (including phenoxy) is 1. The van der Waals surface area contributed by atoms with E-state index in [1.807, 2.05) is 45.5 Å². The molecule has 1 aliphatic rings. The number of ketones is 1. The highest BCUT2D eigenvalue weighted by Gasteiger charge is 2.40. The minimum atomic E-state index is -2.13. The summed E-state index contributed by atoms with van der Waals surface area (Å²) in [6, 6.07) is 14.7. The van der Waals surface area contributed by atoms with E-state index < -0.39 is 6.24 Å². The number of benzene rings is 2. The average molecular weight is 543 g/mol. The van der Waals surface area contributed by atoms with Gasteiger partial charge in [-0.05, 0) is 62.4 Å². The Bertz CT molecular complexity index is 850. The van der Waals surface area contributed by atoms with Gasteiger partial charge in [0.15, 0.2) is 5.78 Å². The van der Waals surface area contributed by atoms with Gasteiger partial charge >= 0.3 is 0 Å². The van der Waals surface area contributed by atoms with Gasteiger partial charge in [0.25, 0.3) is 0 Å². The molecule has 0 amide bonds. The summed E-state index contributed by atoms with van der Waals surface area (Å²) in [5.74, 6) is 0.0440. The molecule has 0 N–H and O–H groups in total. The van der Waals surface area contributed by atoms with E-state index >= 15 is 0 Å². The van der Waals surface area contributed by atoms with Gasteiger partial charge < -0.3 is 4.74 Å². The molecule has 0 spiro atoms. The molecule has 0 saturated carbocycles. The molecule has 0 aliphatic carbocycles. The van der Waals surface area contributed by atoms with Crippen molar-refractivity contribution in [1.29, 1.82) is 0 Å². The van der Waals surface area contributed by atoms with E-state index in [0.29, 0.717) is 10.6 Å². The molecule has 150 valence electrons. The maximum absolute atomic E-state index is 10.8. The lowest BCUT2D eigenvalue weighted by Gasteiger charge is -2.16. The van der Waals surface area contributed by atoms with Crippen LogP contribution in [0.1, 0.15) is 29.8 Å². The average Bonchev–Trinajstić information content (AvgIpc) is 3.25. The van der Waals surface area contributed by atoms with Crippen molar-refractivity contribution in [2.24, 2.45) is 0 Å². The standard InChI is InChI=1S/C9H9ClO.C8H7ClO.C3H9IOS/c1-9(6-11-9)7-3-2-4-8(10)5-7;1-6(10)7-3-2-4-8(9)5-7;1-6(2,3,4)5/h2-5H,6H2,1H3;2-5H,1H3;1-3H3. The maximum atomic E-state index is 10.8. The molecule has 3 rings (SSSR count). The number of halogens is 3. The maximum Gasteiger partial charge on any atom is 0.159 e. The second kappa shape index (κ2) is 9.35. The largest absolute Gasteiger partial charge is 0.365 e.